The van der Waals surface area contributed by atoms with Crippen LogP contribution in [-0.4, -0.2) is 6.04 Å². The quantitative estimate of drug-likeness (QED) is 0.634. The Labute approximate surface area is 97.1 Å². The SMILES string of the molecule is C=CC(C)NCc1ccc(F)c(C(F)(F)F)c1. The summed E-state index contributed by atoms with van der Waals surface area (Å²) in [6, 6.07) is 2.96. The molecular weight excluding hydrogens is 234 g/mol. The summed E-state index contributed by atoms with van der Waals surface area (Å²) in [7, 11) is 0. The summed E-state index contributed by atoms with van der Waals surface area (Å²) in [5, 5.41) is 2.94. The van der Waals surface area contributed by atoms with Gasteiger partial charge in [0.05, 0.1) is 5.56 Å². The number of nitrogens with one attached hydrogen (secondary N) is 1. The van der Waals surface area contributed by atoms with Gasteiger partial charge in [0.15, 0.2) is 0 Å². The van der Waals surface area contributed by atoms with Crippen molar-refractivity contribution in [1.29, 1.82) is 0 Å². The second kappa shape index (κ2) is 5.31. The van der Waals surface area contributed by atoms with Crippen LogP contribution in [0.1, 0.15) is 18.1 Å². The van der Waals surface area contributed by atoms with Crippen LogP contribution in [0.5, 0.6) is 0 Å². The van der Waals surface area contributed by atoms with E-state index in [2.05, 4.69) is 11.9 Å². The molecule has 0 amide bonds. The fraction of sp³-hybridized carbons (Fsp3) is 0.333. The van der Waals surface area contributed by atoms with Gasteiger partial charge in [0.2, 0.25) is 0 Å². The summed E-state index contributed by atoms with van der Waals surface area (Å²) in [6.45, 7) is 5.59. The first-order valence-electron chi connectivity index (χ1n) is 5.06. The molecule has 1 atom stereocenters. The third kappa shape index (κ3) is 3.85. The van der Waals surface area contributed by atoms with Gasteiger partial charge < -0.3 is 5.32 Å². The molecule has 1 nitrogen and oxygen atoms in total. The monoisotopic (exact) mass is 247 g/mol. The van der Waals surface area contributed by atoms with Crippen molar-refractivity contribution in [2.75, 3.05) is 0 Å². The molecule has 1 unspecified atom stereocenters. The highest BCUT2D eigenvalue weighted by Gasteiger charge is 2.34. The minimum Gasteiger partial charge on any atom is -0.307 e. The van der Waals surface area contributed by atoms with Crippen LogP contribution in [0, 0.1) is 5.82 Å². The molecule has 17 heavy (non-hydrogen) atoms. The standard InChI is InChI=1S/C12H13F4N/c1-3-8(2)17-7-9-4-5-11(13)10(6-9)12(14,15)16/h3-6,8,17H,1,7H2,2H3. The molecule has 1 N–H and O–H groups in total. The second-order valence-electron chi connectivity index (χ2n) is 3.72. The maximum Gasteiger partial charge on any atom is 0.419 e. The predicted octanol–water partition coefficient (Wildman–Crippen LogP) is 3.51. The number of rotatable bonds is 4. The van der Waals surface area contributed by atoms with E-state index in [0.717, 1.165) is 12.1 Å². The number of alkyl halides is 3. The van der Waals surface area contributed by atoms with Gasteiger partial charge >= 0.3 is 6.18 Å². The zero-order valence-corrected chi connectivity index (χ0v) is 9.31. The van der Waals surface area contributed by atoms with Crippen molar-refractivity contribution < 1.29 is 17.6 Å². The fourth-order valence-electron chi connectivity index (χ4n) is 1.26. The minimum atomic E-state index is -4.66. The van der Waals surface area contributed by atoms with E-state index >= 15 is 0 Å². The van der Waals surface area contributed by atoms with Gasteiger partial charge in [-0.25, -0.2) is 4.39 Å². The molecular formula is C12H13F4N. The summed E-state index contributed by atoms with van der Waals surface area (Å²) >= 11 is 0. The first-order chi connectivity index (χ1) is 7.84. The van der Waals surface area contributed by atoms with Crippen LogP contribution < -0.4 is 5.32 Å². The molecule has 0 aromatic heterocycles. The molecule has 1 rings (SSSR count). The summed E-state index contributed by atoms with van der Waals surface area (Å²) in [5.41, 5.74) is -0.851. The molecule has 0 heterocycles. The molecule has 0 saturated carbocycles. The molecule has 5 heteroatoms. The zero-order valence-electron chi connectivity index (χ0n) is 9.31. The van der Waals surface area contributed by atoms with Gasteiger partial charge in [0.25, 0.3) is 0 Å². The van der Waals surface area contributed by atoms with Crippen molar-refractivity contribution in [3.8, 4) is 0 Å². The Morgan fingerprint density at radius 3 is 2.59 bits per heavy atom. The van der Waals surface area contributed by atoms with Crippen molar-refractivity contribution in [2.24, 2.45) is 0 Å². The highest BCUT2D eigenvalue weighted by Crippen LogP contribution is 2.31. The smallest absolute Gasteiger partial charge is 0.307 e. The van der Waals surface area contributed by atoms with Gasteiger partial charge in [-0.1, -0.05) is 12.1 Å². The topological polar surface area (TPSA) is 12.0 Å². The summed E-state index contributed by atoms with van der Waals surface area (Å²) in [6.07, 6.45) is -3.03. The Balaban J connectivity index is 2.86. The van der Waals surface area contributed by atoms with Gasteiger partial charge in [0, 0.05) is 12.6 Å². The highest BCUT2D eigenvalue weighted by atomic mass is 19.4. The second-order valence-corrected chi connectivity index (χ2v) is 3.72. The maximum atomic E-state index is 13.0. The predicted molar refractivity (Wildman–Crippen MR) is 57.9 cm³/mol. The summed E-state index contributed by atoms with van der Waals surface area (Å²) in [5.74, 6) is -1.25. The Kier molecular flexibility index (Phi) is 4.28. The Morgan fingerprint density at radius 2 is 2.06 bits per heavy atom. The van der Waals surface area contributed by atoms with Crippen molar-refractivity contribution >= 4 is 0 Å². The summed E-state index contributed by atoms with van der Waals surface area (Å²) < 4.78 is 50.2. The third-order valence-electron chi connectivity index (χ3n) is 2.32. The largest absolute Gasteiger partial charge is 0.419 e. The molecule has 1 aromatic rings. The lowest BCUT2D eigenvalue weighted by Gasteiger charge is -2.12. The van der Waals surface area contributed by atoms with Gasteiger partial charge in [-0.2, -0.15) is 13.2 Å². The lowest BCUT2D eigenvalue weighted by Crippen LogP contribution is -2.23. The molecule has 0 aliphatic carbocycles. The Hall–Kier alpha value is -1.36. The molecule has 94 valence electrons. The first kappa shape index (κ1) is 13.7. The number of hydrogen-bond acceptors (Lipinski definition) is 1. The van der Waals surface area contributed by atoms with E-state index in [1.54, 1.807) is 6.08 Å². The summed E-state index contributed by atoms with van der Waals surface area (Å²) in [4.78, 5) is 0. The fourth-order valence-corrected chi connectivity index (χ4v) is 1.26. The number of benzene rings is 1. The molecule has 0 bridgehead atoms. The van der Waals surface area contributed by atoms with Gasteiger partial charge in [-0.3, -0.25) is 0 Å². The maximum absolute atomic E-state index is 13.0. The molecule has 0 saturated heterocycles. The number of halogens is 4. The van der Waals surface area contributed by atoms with Gasteiger partial charge in [-0.05, 0) is 24.6 Å². The van der Waals surface area contributed by atoms with Crippen molar-refractivity contribution in [2.45, 2.75) is 25.7 Å². The van der Waals surface area contributed by atoms with Gasteiger partial charge in [0.1, 0.15) is 5.82 Å². The zero-order chi connectivity index (χ0) is 13.1. The van der Waals surface area contributed by atoms with Gasteiger partial charge in [-0.15, -0.1) is 6.58 Å². The molecule has 0 spiro atoms. The van der Waals surface area contributed by atoms with Crippen LogP contribution in [-0.2, 0) is 12.7 Å². The van der Waals surface area contributed by atoms with E-state index in [0.29, 0.717) is 5.56 Å². The van der Waals surface area contributed by atoms with Crippen LogP contribution in [0.25, 0.3) is 0 Å². The molecule has 0 aliphatic heterocycles. The van der Waals surface area contributed by atoms with E-state index < -0.39 is 17.6 Å². The lowest BCUT2D eigenvalue weighted by atomic mass is 10.1. The highest BCUT2D eigenvalue weighted by molar-refractivity contribution is 5.27. The van der Waals surface area contributed by atoms with Crippen molar-refractivity contribution in [1.82, 2.24) is 5.32 Å². The minimum absolute atomic E-state index is 0.0191. The van der Waals surface area contributed by atoms with E-state index in [1.807, 2.05) is 6.92 Å². The van der Waals surface area contributed by atoms with Crippen LogP contribution in [0.3, 0.4) is 0 Å². The average molecular weight is 247 g/mol. The Bertz CT molecular complexity index is 398. The van der Waals surface area contributed by atoms with Crippen molar-refractivity contribution in [3.05, 3.63) is 47.8 Å². The van der Waals surface area contributed by atoms with E-state index in [9.17, 15) is 17.6 Å². The first-order valence-corrected chi connectivity index (χ1v) is 5.06. The normalized spacial score (nSPS) is 13.5. The third-order valence-corrected chi connectivity index (χ3v) is 2.32. The van der Waals surface area contributed by atoms with Crippen LogP contribution in [0.15, 0.2) is 30.9 Å². The molecule has 0 fully saturated rings. The van der Waals surface area contributed by atoms with Crippen LogP contribution in [0.2, 0.25) is 0 Å². The van der Waals surface area contributed by atoms with Crippen molar-refractivity contribution in [3.63, 3.8) is 0 Å². The molecule has 0 radical (unpaired) electrons. The Morgan fingerprint density at radius 1 is 1.41 bits per heavy atom. The lowest BCUT2D eigenvalue weighted by molar-refractivity contribution is -0.140. The van der Waals surface area contributed by atoms with E-state index in [-0.39, 0.29) is 12.6 Å². The van der Waals surface area contributed by atoms with Crippen LogP contribution in [0.4, 0.5) is 17.6 Å². The number of hydrogen-bond donors (Lipinski definition) is 1. The average Bonchev–Trinajstić information content (AvgIpc) is 2.26. The molecule has 1 aromatic carbocycles. The van der Waals surface area contributed by atoms with Crippen LogP contribution >= 0.6 is 0 Å². The molecule has 0 aliphatic rings. The van der Waals surface area contributed by atoms with E-state index in [4.69, 9.17) is 0 Å². The van der Waals surface area contributed by atoms with E-state index in [1.165, 1.54) is 6.07 Å².